The van der Waals surface area contributed by atoms with E-state index in [0.29, 0.717) is 25.3 Å². The van der Waals surface area contributed by atoms with E-state index in [4.69, 9.17) is 19.3 Å². The highest BCUT2D eigenvalue weighted by molar-refractivity contribution is 5.90. The first-order chi connectivity index (χ1) is 13.4. The van der Waals surface area contributed by atoms with Crippen LogP contribution < -0.4 is 0 Å². The molecule has 0 aliphatic rings. The SMILES string of the molecule is C.CC(OC(=O)CCCCCOC(=O)C=CC(=O)O)C(=O)OCc1ccccc1. The van der Waals surface area contributed by atoms with Crippen LogP contribution in [0.2, 0.25) is 0 Å². The van der Waals surface area contributed by atoms with Crippen LogP contribution in [0.15, 0.2) is 42.5 Å². The number of hydrogen-bond donors (Lipinski definition) is 1. The Hall–Kier alpha value is -3.16. The van der Waals surface area contributed by atoms with Crippen molar-refractivity contribution in [3.05, 3.63) is 48.0 Å². The fourth-order valence-electron chi connectivity index (χ4n) is 2.06. The molecule has 0 saturated carbocycles. The monoisotopic (exact) mass is 408 g/mol. The lowest BCUT2D eigenvalue weighted by Crippen LogP contribution is -2.26. The van der Waals surface area contributed by atoms with E-state index >= 15 is 0 Å². The van der Waals surface area contributed by atoms with Crippen molar-refractivity contribution in [3.63, 3.8) is 0 Å². The summed E-state index contributed by atoms with van der Waals surface area (Å²) >= 11 is 0. The van der Waals surface area contributed by atoms with Gasteiger partial charge in [-0.25, -0.2) is 14.4 Å². The minimum absolute atomic E-state index is 0. The van der Waals surface area contributed by atoms with E-state index in [2.05, 4.69) is 0 Å². The summed E-state index contributed by atoms with van der Waals surface area (Å²) in [5, 5.41) is 8.37. The van der Waals surface area contributed by atoms with Gasteiger partial charge >= 0.3 is 23.9 Å². The van der Waals surface area contributed by atoms with Crippen LogP contribution in [0.4, 0.5) is 0 Å². The Balaban J connectivity index is 0.00000784. The number of carboxylic acids is 1. The van der Waals surface area contributed by atoms with Crippen molar-refractivity contribution in [3.8, 4) is 0 Å². The number of hydrogen-bond acceptors (Lipinski definition) is 7. The number of rotatable bonds is 12. The maximum atomic E-state index is 11.8. The van der Waals surface area contributed by atoms with Crippen molar-refractivity contribution in [1.82, 2.24) is 0 Å². The molecule has 0 amide bonds. The van der Waals surface area contributed by atoms with E-state index in [0.717, 1.165) is 11.6 Å². The number of carbonyl (C=O) groups excluding carboxylic acids is 3. The van der Waals surface area contributed by atoms with Gasteiger partial charge in [0.05, 0.1) is 6.61 Å². The van der Waals surface area contributed by atoms with E-state index in [9.17, 15) is 19.2 Å². The lowest BCUT2D eigenvalue weighted by Gasteiger charge is -2.13. The van der Waals surface area contributed by atoms with Gasteiger partial charge in [-0.05, 0) is 31.7 Å². The summed E-state index contributed by atoms with van der Waals surface area (Å²) < 4.78 is 14.9. The molecular formula is C21H28O8. The average molecular weight is 408 g/mol. The van der Waals surface area contributed by atoms with Gasteiger partial charge < -0.3 is 19.3 Å². The second kappa shape index (κ2) is 14.8. The second-order valence-electron chi connectivity index (χ2n) is 5.88. The smallest absolute Gasteiger partial charge is 0.347 e. The maximum absolute atomic E-state index is 11.8. The molecule has 0 aliphatic heterocycles. The highest BCUT2D eigenvalue weighted by atomic mass is 16.6. The topological polar surface area (TPSA) is 116 Å². The van der Waals surface area contributed by atoms with Crippen LogP contribution in [0, 0.1) is 0 Å². The normalized spacial score (nSPS) is 11.2. The number of unbranched alkanes of at least 4 members (excludes halogenated alkanes) is 2. The Morgan fingerprint density at radius 3 is 2.34 bits per heavy atom. The summed E-state index contributed by atoms with van der Waals surface area (Å²) in [5.74, 6) is -3.08. The summed E-state index contributed by atoms with van der Waals surface area (Å²) in [6.45, 7) is 1.69. The molecule has 0 aliphatic carbocycles. The van der Waals surface area contributed by atoms with Crippen molar-refractivity contribution >= 4 is 23.9 Å². The number of carboxylic acid groups (broad SMARTS) is 1. The molecule has 0 radical (unpaired) electrons. The Labute approximate surface area is 170 Å². The van der Waals surface area contributed by atoms with Gasteiger partial charge in [0.25, 0.3) is 0 Å². The zero-order chi connectivity index (χ0) is 20.8. The highest BCUT2D eigenvalue weighted by Gasteiger charge is 2.19. The molecular weight excluding hydrogens is 380 g/mol. The molecule has 1 aromatic rings. The third-order valence-corrected chi connectivity index (χ3v) is 3.50. The van der Waals surface area contributed by atoms with Crippen molar-refractivity contribution < 1.29 is 38.5 Å². The minimum Gasteiger partial charge on any atom is -0.478 e. The van der Waals surface area contributed by atoms with Crippen molar-refractivity contribution in [2.45, 2.75) is 52.7 Å². The fraction of sp³-hybridized carbons (Fsp3) is 0.429. The van der Waals surface area contributed by atoms with E-state index in [1.165, 1.54) is 6.92 Å². The molecule has 160 valence electrons. The molecule has 0 saturated heterocycles. The quantitative estimate of drug-likeness (QED) is 0.243. The van der Waals surface area contributed by atoms with Gasteiger partial charge in [0.15, 0.2) is 6.10 Å². The van der Waals surface area contributed by atoms with Gasteiger partial charge in [0, 0.05) is 18.6 Å². The summed E-state index contributed by atoms with van der Waals surface area (Å²) in [7, 11) is 0. The zero-order valence-corrected chi connectivity index (χ0v) is 15.7. The van der Waals surface area contributed by atoms with Gasteiger partial charge in [-0.15, -0.1) is 0 Å². The lowest BCUT2D eigenvalue weighted by molar-refractivity contribution is -0.167. The Bertz CT molecular complexity index is 681. The molecule has 8 heteroatoms. The first kappa shape index (κ1) is 25.8. The number of carbonyl (C=O) groups is 4. The molecule has 8 nitrogen and oxygen atoms in total. The molecule has 0 spiro atoms. The van der Waals surface area contributed by atoms with Crippen LogP contribution in [0.25, 0.3) is 0 Å². The fourth-order valence-corrected chi connectivity index (χ4v) is 2.06. The number of aliphatic carboxylic acids is 1. The molecule has 0 aromatic heterocycles. The van der Waals surface area contributed by atoms with Gasteiger partial charge in [-0.2, -0.15) is 0 Å². The molecule has 29 heavy (non-hydrogen) atoms. The Morgan fingerprint density at radius 2 is 1.69 bits per heavy atom. The summed E-state index contributed by atoms with van der Waals surface area (Å²) in [6.07, 6.45) is 2.31. The standard InChI is InChI=1S/C20H24O8.CH4/c1-15(20(25)27-14-16-8-4-2-5-9-16)28-19(24)10-6-3-7-13-26-18(23)12-11-17(21)22;/h2,4-5,8-9,11-12,15H,3,6-7,10,13-14H2,1H3,(H,21,22);1H4. The molecule has 1 N–H and O–H groups in total. The molecule has 1 rings (SSSR count). The molecule has 1 atom stereocenters. The number of esters is 3. The van der Waals surface area contributed by atoms with Crippen LogP contribution in [0.5, 0.6) is 0 Å². The number of benzene rings is 1. The maximum Gasteiger partial charge on any atom is 0.347 e. The predicted octanol–water partition coefficient (Wildman–Crippen LogP) is 3.04. The first-order valence-electron chi connectivity index (χ1n) is 8.86. The van der Waals surface area contributed by atoms with E-state index in [1.807, 2.05) is 30.3 Å². The molecule has 0 bridgehead atoms. The van der Waals surface area contributed by atoms with Gasteiger partial charge in [0.2, 0.25) is 0 Å². The first-order valence-corrected chi connectivity index (χ1v) is 8.86. The van der Waals surface area contributed by atoms with Crippen molar-refractivity contribution in [2.75, 3.05) is 6.61 Å². The van der Waals surface area contributed by atoms with E-state index < -0.39 is 30.0 Å². The zero-order valence-electron chi connectivity index (χ0n) is 15.7. The predicted molar refractivity (Wildman–Crippen MR) is 105 cm³/mol. The third kappa shape index (κ3) is 12.8. The van der Waals surface area contributed by atoms with Gasteiger partial charge in [-0.3, -0.25) is 4.79 Å². The van der Waals surface area contributed by atoms with Crippen LogP contribution in [-0.4, -0.2) is 41.7 Å². The minimum atomic E-state index is -1.23. The van der Waals surface area contributed by atoms with E-state index in [1.54, 1.807) is 0 Å². The lowest BCUT2D eigenvalue weighted by atomic mass is 10.2. The summed E-state index contributed by atoms with van der Waals surface area (Å²) in [5.41, 5.74) is 0.841. The van der Waals surface area contributed by atoms with Crippen LogP contribution in [0.1, 0.15) is 45.6 Å². The van der Waals surface area contributed by atoms with Crippen LogP contribution >= 0.6 is 0 Å². The second-order valence-corrected chi connectivity index (χ2v) is 5.88. The highest BCUT2D eigenvalue weighted by Crippen LogP contribution is 2.07. The van der Waals surface area contributed by atoms with Gasteiger partial charge in [-0.1, -0.05) is 37.8 Å². The van der Waals surface area contributed by atoms with Crippen molar-refractivity contribution in [2.24, 2.45) is 0 Å². The van der Waals surface area contributed by atoms with Gasteiger partial charge in [0.1, 0.15) is 6.61 Å². The molecule has 0 heterocycles. The number of ether oxygens (including phenoxy) is 3. The molecule has 1 unspecified atom stereocenters. The van der Waals surface area contributed by atoms with Crippen LogP contribution in [-0.2, 0) is 40.0 Å². The Morgan fingerprint density at radius 1 is 1.00 bits per heavy atom. The molecule has 0 fully saturated rings. The van der Waals surface area contributed by atoms with Crippen LogP contribution in [0.3, 0.4) is 0 Å². The van der Waals surface area contributed by atoms with Crippen molar-refractivity contribution in [1.29, 1.82) is 0 Å². The van der Waals surface area contributed by atoms with E-state index in [-0.39, 0.29) is 27.1 Å². The largest absolute Gasteiger partial charge is 0.478 e. The third-order valence-electron chi connectivity index (χ3n) is 3.50. The summed E-state index contributed by atoms with van der Waals surface area (Å²) in [4.78, 5) is 44.9. The Kier molecular flexibility index (Phi) is 13.2. The average Bonchev–Trinajstić information content (AvgIpc) is 2.67. The summed E-state index contributed by atoms with van der Waals surface area (Å²) in [6, 6.07) is 9.17. The molecule has 1 aromatic carbocycles.